The number of hydrogen-bond donors (Lipinski definition) is 2. The summed E-state index contributed by atoms with van der Waals surface area (Å²) in [5.41, 5.74) is 3.20. The Kier molecular flexibility index (Phi) is 7.37. The van der Waals surface area contributed by atoms with Gasteiger partial charge in [0.1, 0.15) is 5.82 Å². The van der Waals surface area contributed by atoms with Crippen molar-refractivity contribution in [3.8, 4) is 0 Å². The second-order valence-corrected chi connectivity index (χ2v) is 8.73. The third-order valence-corrected chi connectivity index (χ3v) is 6.25. The smallest absolute Gasteiger partial charge is 0.258 e. The van der Waals surface area contributed by atoms with Crippen LogP contribution in [0.25, 0.3) is 10.9 Å². The molecule has 2 amide bonds. The van der Waals surface area contributed by atoms with Crippen LogP contribution in [-0.4, -0.2) is 52.5 Å². The highest BCUT2D eigenvalue weighted by atomic mass is 16.5. The van der Waals surface area contributed by atoms with Gasteiger partial charge in [-0.2, -0.15) is 0 Å². The number of carbonyl (C=O) groups is 2. The highest BCUT2D eigenvalue weighted by molar-refractivity contribution is 5.95. The fraction of sp³-hybridized carbons (Fsp3) is 0.385. The van der Waals surface area contributed by atoms with Gasteiger partial charge in [0.05, 0.1) is 23.6 Å². The molecule has 1 aliphatic heterocycles. The Balaban J connectivity index is 1.44. The largest absolute Gasteiger partial charge is 0.376 e. The molecule has 1 saturated heterocycles. The average Bonchev–Trinajstić information content (AvgIpc) is 3.33. The molecule has 178 valence electrons. The predicted molar refractivity (Wildman–Crippen MR) is 131 cm³/mol. The maximum absolute atomic E-state index is 13.1. The number of fused-ring (bicyclic) bond motifs is 1. The van der Waals surface area contributed by atoms with Crippen LogP contribution in [0.2, 0.25) is 0 Å². The summed E-state index contributed by atoms with van der Waals surface area (Å²) in [5, 5.41) is 3.44. The lowest BCUT2D eigenvalue weighted by Crippen LogP contribution is -2.42. The lowest BCUT2D eigenvalue weighted by atomic mass is 10.1. The van der Waals surface area contributed by atoms with E-state index in [0.717, 1.165) is 29.7 Å². The molecule has 0 aliphatic carbocycles. The number of benzene rings is 2. The SMILES string of the molecule is Cc1cccc(NC(=O)CN(C[C@@H]2CCCO2)C(=O)CCc2nc3ccccc3c(=O)[nH]2)c1C. The first kappa shape index (κ1) is 23.6. The van der Waals surface area contributed by atoms with Crippen molar-refractivity contribution in [3.05, 3.63) is 69.8 Å². The number of ether oxygens (including phenoxy) is 1. The molecule has 1 aromatic heterocycles. The maximum atomic E-state index is 13.1. The lowest BCUT2D eigenvalue weighted by Gasteiger charge is -2.25. The van der Waals surface area contributed by atoms with Gasteiger partial charge in [0.15, 0.2) is 0 Å². The van der Waals surface area contributed by atoms with Gasteiger partial charge >= 0.3 is 0 Å². The summed E-state index contributed by atoms with van der Waals surface area (Å²) in [6.07, 6.45) is 2.15. The summed E-state index contributed by atoms with van der Waals surface area (Å²) in [7, 11) is 0. The van der Waals surface area contributed by atoms with Gasteiger partial charge in [-0.05, 0) is 56.0 Å². The van der Waals surface area contributed by atoms with E-state index in [-0.39, 0.29) is 42.9 Å². The van der Waals surface area contributed by atoms with Crippen molar-refractivity contribution in [3.63, 3.8) is 0 Å². The topological polar surface area (TPSA) is 104 Å². The molecule has 4 rings (SSSR count). The van der Waals surface area contributed by atoms with E-state index in [1.807, 2.05) is 38.1 Å². The number of anilines is 1. The van der Waals surface area contributed by atoms with E-state index in [9.17, 15) is 14.4 Å². The van der Waals surface area contributed by atoms with Crippen LogP contribution in [0.5, 0.6) is 0 Å². The van der Waals surface area contributed by atoms with Crippen LogP contribution in [0, 0.1) is 13.8 Å². The van der Waals surface area contributed by atoms with Gasteiger partial charge in [0.2, 0.25) is 11.8 Å². The van der Waals surface area contributed by atoms with Gasteiger partial charge in [0.25, 0.3) is 5.56 Å². The van der Waals surface area contributed by atoms with Crippen LogP contribution in [0.3, 0.4) is 0 Å². The summed E-state index contributed by atoms with van der Waals surface area (Å²) < 4.78 is 5.71. The highest BCUT2D eigenvalue weighted by Crippen LogP contribution is 2.19. The standard InChI is InChI=1S/C26H30N4O4/c1-17-7-5-11-21(18(17)2)28-24(31)16-30(15-19-8-6-14-34-19)25(32)13-12-23-27-22-10-4-3-9-20(22)26(33)29-23/h3-5,7,9-11,19H,6,8,12-16H2,1-2H3,(H,28,31)(H,27,29,33)/t19-/m0/s1. The van der Waals surface area contributed by atoms with Crippen LogP contribution in [0.4, 0.5) is 5.69 Å². The molecular formula is C26H30N4O4. The fourth-order valence-corrected chi connectivity index (χ4v) is 4.18. The van der Waals surface area contributed by atoms with Crippen molar-refractivity contribution in [1.82, 2.24) is 14.9 Å². The van der Waals surface area contributed by atoms with E-state index in [1.54, 1.807) is 23.1 Å². The van der Waals surface area contributed by atoms with Crippen molar-refractivity contribution in [2.24, 2.45) is 0 Å². The van der Waals surface area contributed by atoms with Crippen molar-refractivity contribution >= 4 is 28.4 Å². The number of amides is 2. The molecule has 0 radical (unpaired) electrons. The Labute approximate surface area is 198 Å². The maximum Gasteiger partial charge on any atom is 0.258 e. The molecule has 2 N–H and O–H groups in total. The zero-order valence-corrected chi connectivity index (χ0v) is 19.6. The third kappa shape index (κ3) is 5.69. The Hall–Kier alpha value is -3.52. The number of aromatic amines is 1. The predicted octanol–water partition coefficient (Wildman–Crippen LogP) is 3.12. The summed E-state index contributed by atoms with van der Waals surface area (Å²) in [6, 6.07) is 12.8. The first-order chi connectivity index (χ1) is 16.4. The Morgan fingerprint density at radius 2 is 2.00 bits per heavy atom. The number of aromatic nitrogens is 2. The molecule has 2 heterocycles. The Morgan fingerprint density at radius 3 is 2.79 bits per heavy atom. The Bertz CT molecular complexity index is 1250. The van der Waals surface area contributed by atoms with Crippen LogP contribution in [-0.2, 0) is 20.7 Å². The molecule has 1 fully saturated rings. The molecule has 0 saturated carbocycles. The van der Waals surface area contributed by atoms with Crippen LogP contribution < -0.4 is 10.9 Å². The minimum absolute atomic E-state index is 0.0618. The number of hydrogen-bond acceptors (Lipinski definition) is 5. The van der Waals surface area contributed by atoms with E-state index in [0.29, 0.717) is 29.9 Å². The molecule has 1 aliphatic rings. The lowest BCUT2D eigenvalue weighted by molar-refractivity contribution is -0.136. The number of aryl methyl sites for hydroxylation is 2. The van der Waals surface area contributed by atoms with Crippen molar-refractivity contribution in [2.75, 3.05) is 25.0 Å². The second kappa shape index (κ2) is 10.6. The number of H-pyrrole nitrogens is 1. The summed E-state index contributed by atoms with van der Waals surface area (Å²) in [5.74, 6) is 0.0219. The molecule has 34 heavy (non-hydrogen) atoms. The first-order valence-corrected chi connectivity index (χ1v) is 11.6. The van der Waals surface area contributed by atoms with E-state index in [4.69, 9.17) is 4.74 Å². The van der Waals surface area contributed by atoms with Gasteiger partial charge in [-0.15, -0.1) is 0 Å². The molecular weight excluding hydrogens is 432 g/mol. The van der Waals surface area contributed by atoms with Crippen molar-refractivity contribution in [1.29, 1.82) is 0 Å². The van der Waals surface area contributed by atoms with Crippen LogP contribution in [0.15, 0.2) is 47.3 Å². The van der Waals surface area contributed by atoms with Gasteiger partial charge in [0, 0.05) is 31.7 Å². The first-order valence-electron chi connectivity index (χ1n) is 11.6. The molecule has 0 unspecified atom stereocenters. The molecule has 0 spiro atoms. The number of nitrogens with zero attached hydrogens (tertiary/aromatic N) is 2. The zero-order chi connectivity index (χ0) is 24.1. The van der Waals surface area contributed by atoms with E-state index in [1.165, 1.54) is 0 Å². The number of carbonyl (C=O) groups excluding carboxylic acids is 2. The molecule has 0 bridgehead atoms. The molecule has 8 nitrogen and oxygen atoms in total. The normalized spacial score (nSPS) is 15.4. The van der Waals surface area contributed by atoms with Crippen molar-refractivity contribution in [2.45, 2.75) is 45.6 Å². The summed E-state index contributed by atoms with van der Waals surface area (Å²) >= 11 is 0. The molecule has 3 aromatic rings. The summed E-state index contributed by atoms with van der Waals surface area (Å²) in [4.78, 5) is 47.1. The van der Waals surface area contributed by atoms with Gasteiger partial charge in [-0.1, -0.05) is 24.3 Å². The second-order valence-electron chi connectivity index (χ2n) is 8.73. The van der Waals surface area contributed by atoms with Gasteiger partial charge in [-0.3, -0.25) is 14.4 Å². The minimum atomic E-state index is -0.253. The number of nitrogens with one attached hydrogen (secondary N) is 2. The van der Waals surface area contributed by atoms with Crippen molar-refractivity contribution < 1.29 is 14.3 Å². The fourth-order valence-electron chi connectivity index (χ4n) is 4.18. The number of rotatable bonds is 8. The minimum Gasteiger partial charge on any atom is -0.376 e. The van der Waals surface area contributed by atoms with Crippen LogP contribution >= 0.6 is 0 Å². The van der Waals surface area contributed by atoms with Crippen LogP contribution in [0.1, 0.15) is 36.2 Å². The molecule has 1 atom stereocenters. The quantitative estimate of drug-likeness (QED) is 0.535. The molecule has 8 heteroatoms. The molecule has 2 aromatic carbocycles. The van der Waals surface area contributed by atoms with E-state index < -0.39 is 0 Å². The zero-order valence-electron chi connectivity index (χ0n) is 19.6. The average molecular weight is 463 g/mol. The van der Waals surface area contributed by atoms with Gasteiger partial charge < -0.3 is 19.9 Å². The van der Waals surface area contributed by atoms with Gasteiger partial charge in [-0.25, -0.2) is 4.98 Å². The highest BCUT2D eigenvalue weighted by Gasteiger charge is 2.24. The summed E-state index contributed by atoms with van der Waals surface area (Å²) in [6.45, 7) is 4.92. The third-order valence-electron chi connectivity index (χ3n) is 6.25. The number of para-hydroxylation sites is 1. The monoisotopic (exact) mass is 462 g/mol. The van der Waals surface area contributed by atoms with E-state index >= 15 is 0 Å². The van der Waals surface area contributed by atoms with E-state index in [2.05, 4.69) is 15.3 Å². The Morgan fingerprint density at radius 1 is 1.18 bits per heavy atom.